The normalized spacial score (nSPS) is 15.3. The van der Waals surface area contributed by atoms with Gasteiger partial charge in [0.1, 0.15) is 0 Å². The lowest BCUT2D eigenvalue weighted by Crippen LogP contribution is -2.39. The number of guanidine groups is 1. The molecular weight excluding hydrogens is 451 g/mol. The van der Waals surface area contributed by atoms with E-state index in [9.17, 15) is 0 Å². The summed E-state index contributed by atoms with van der Waals surface area (Å²) in [4.78, 5) is 11.2. The molecule has 0 spiro atoms. The van der Waals surface area contributed by atoms with Crippen molar-refractivity contribution in [1.82, 2.24) is 20.2 Å². The van der Waals surface area contributed by atoms with E-state index in [1.165, 1.54) is 37.2 Å². The largest absolute Gasteiger partial charge is 0.372 e. The molecule has 7 heteroatoms. The van der Waals surface area contributed by atoms with Crippen LogP contribution in [0, 0.1) is 0 Å². The quantitative estimate of drug-likeness (QED) is 0.361. The maximum Gasteiger partial charge on any atom is 0.191 e. The number of rotatable bonds is 7. The topological polar surface area (TPSA) is 57.5 Å². The molecule has 1 atom stereocenters. The molecule has 0 saturated carbocycles. The van der Waals surface area contributed by atoms with Crippen molar-refractivity contribution in [3.63, 3.8) is 0 Å². The molecule has 27 heavy (non-hydrogen) atoms. The van der Waals surface area contributed by atoms with Gasteiger partial charge < -0.3 is 20.1 Å². The van der Waals surface area contributed by atoms with Crippen LogP contribution in [0.2, 0.25) is 0 Å². The number of hydrogen-bond acceptors (Lipinski definition) is 3. The van der Waals surface area contributed by atoms with E-state index in [0.29, 0.717) is 6.54 Å². The molecule has 148 valence electrons. The molecule has 3 rings (SSSR count). The molecule has 1 aromatic heterocycles. The molecule has 0 radical (unpaired) electrons. The van der Waals surface area contributed by atoms with Gasteiger partial charge in [-0.1, -0.05) is 12.1 Å². The van der Waals surface area contributed by atoms with Crippen molar-refractivity contribution in [3.8, 4) is 0 Å². The first-order valence-corrected chi connectivity index (χ1v) is 9.61. The maximum absolute atomic E-state index is 4.69. The summed E-state index contributed by atoms with van der Waals surface area (Å²) in [5, 5.41) is 6.86. The van der Waals surface area contributed by atoms with Crippen LogP contribution in [0.3, 0.4) is 0 Å². The predicted molar refractivity (Wildman–Crippen MR) is 123 cm³/mol. The second-order valence-corrected chi connectivity index (χ2v) is 6.72. The molecule has 1 fully saturated rings. The Kier molecular flexibility index (Phi) is 8.90. The smallest absolute Gasteiger partial charge is 0.191 e. The maximum atomic E-state index is 4.69. The Morgan fingerprint density at radius 3 is 2.81 bits per heavy atom. The van der Waals surface area contributed by atoms with Crippen molar-refractivity contribution in [2.24, 2.45) is 4.99 Å². The highest BCUT2D eigenvalue weighted by molar-refractivity contribution is 14.0. The number of hydrogen-bond donors (Lipinski definition) is 2. The number of anilines is 1. The van der Waals surface area contributed by atoms with Gasteiger partial charge in [0, 0.05) is 44.3 Å². The van der Waals surface area contributed by atoms with E-state index < -0.39 is 0 Å². The number of benzene rings is 1. The van der Waals surface area contributed by atoms with Gasteiger partial charge in [-0.2, -0.15) is 0 Å². The van der Waals surface area contributed by atoms with Crippen LogP contribution < -0.4 is 15.5 Å². The molecule has 0 aliphatic carbocycles. The van der Waals surface area contributed by atoms with Crippen LogP contribution in [0.15, 0.2) is 48.0 Å². The summed E-state index contributed by atoms with van der Waals surface area (Å²) < 4.78 is 2.04. The standard InChI is InChI=1S/C20H30N6.HI/c1-3-22-20(23-10-14-25-13-9-21-16-25)24-17(2)18-7-6-8-19(15-18)26-11-4-5-12-26;/h6-9,13,15-17H,3-5,10-12,14H2,1-2H3,(H2,22,23,24);1H. The summed E-state index contributed by atoms with van der Waals surface area (Å²) >= 11 is 0. The predicted octanol–water partition coefficient (Wildman–Crippen LogP) is 3.42. The SMILES string of the molecule is CCNC(=NCCn1ccnc1)NC(C)c1cccc(N2CCCC2)c1.I. The minimum absolute atomic E-state index is 0. The summed E-state index contributed by atoms with van der Waals surface area (Å²) in [6.07, 6.45) is 8.17. The second-order valence-electron chi connectivity index (χ2n) is 6.72. The first-order valence-electron chi connectivity index (χ1n) is 9.61. The van der Waals surface area contributed by atoms with E-state index in [4.69, 9.17) is 0 Å². The molecule has 1 saturated heterocycles. The van der Waals surface area contributed by atoms with Crippen LogP contribution in [-0.4, -0.2) is 41.7 Å². The number of aromatic nitrogens is 2. The molecule has 1 aliphatic rings. The van der Waals surface area contributed by atoms with E-state index in [-0.39, 0.29) is 30.0 Å². The van der Waals surface area contributed by atoms with Gasteiger partial charge in [0.05, 0.1) is 18.9 Å². The van der Waals surface area contributed by atoms with Gasteiger partial charge in [-0.05, 0) is 44.4 Å². The van der Waals surface area contributed by atoms with Crippen molar-refractivity contribution >= 4 is 35.6 Å². The highest BCUT2D eigenvalue weighted by atomic mass is 127. The van der Waals surface area contributed by atoms with Gasteiger partial charge in [-0.15, -0.1) is 24.0 Å². The summed E-state index contributed by atoms with van der Waals surface area (Å²) in [5.41, 5.74) is 2.62. The van der Waals surface area contributed by atoms with Crippen molar-refractivity contribution in [2.75, 3.05) is 31.1 Å². The molecule has 2 aromatic rings. The van der Waals surface area contributed by atoms with E-state index in [1.54, 1.807) is 6.20 Å². The van der Waals surface area contributed by atoms with Gasteiger partial charge in [0.2, 0.25) is 0 Å². The first kappa shape index (κ1) is 21.5. The van der Waals surface area contributed by atoms with E-state index >= 15 is 0 Å². The average Bonchev–Trinajstić information content (AvgIpc) is 3.36. The van der Waals surface area contributed by atoms with Crippen LogP contribution in [0.5, 0.6) is 0 Å². The molecular formula is C20H31IN6. The Hall–Kier alpha value is -1.77. The van der Waals surface area contributed by atoms with Crippen molar-refractivity contribution in [3.05, 3.63) is 48.5 Å². The highest BCUT2D eigenvalue weighted by Gasteiger charge is 2.14. The minimum atomic E-state index is 0. The zero-order valence-corrected chi connectivity index (χ0v) is 18.6. The fourth-order valence-corrected chi connectivity index (χ4v) is 3.27. The lowest BCUT2D eigenvalue weighted by atomic mass is 10.1. The molecule has 1 aliphatic heterocycles. The molecule has 0 bridgehead atoms. The molecule has 0 amide bonds. The van der Waals surface area contributed by atoms with Gasteiger partial charge in [0.15, 0.2) is 5.96 Å². The molecule has 1 unspecified atom stereocenters. The molecule has 6 nitrogen and oxygen atoms in total. The van der Waals surface area contributed by atoms with Crippen molar-refractivity contribution < 1.29 is 0 Å². The van der Waals surface area contributed by atoms with Gasteiger partial charge in [-0.3, -0.25) is 4.99 Å². The lowest BCUT2D eigenvalue weighted by molar-refractivity contribution is 0.668. The summed E-state index contributed by atoms with van der Waals surface area (Å²) in [6.45, 7) is 9.00. The molecule has 2 N–H and O–H groups in total. The van der Waals surface area contributed by atoms with Crippen molar-refractivity contribution in [1.29, 1.82) is 0 Å². The molecule has 2 heterocycles. The Balaban J connectivity index is 0.00000261. The lowest BCUT2D eigenvalue weighted by Gasteiger charge is -2.22. The average molecular weight is 482 g/mol. The Bertz CT molecular complexity index is 694. The molecule has 1 aromatic carbocycles. The number of aliphatic imine (C=N–C) groups is 1. The van der Waals surface area contributed by atoms with Crippen LogP contribution in [0.25, 0.3) is 0 Å². The number of imidazole rings is 1. The Morgan fingerprint density at radius 1 is 1.30 bits per heavy atom. The van der Waals surface area contributed by atoms with Gasteiger partial charge >= 0.3 is 0 Å². The van der Waals surface area contributed by atoms with Gasteiger partial charge in [-0.25, -0.2) is 4.98 Å². The van der Waals surface area contributed by atoms with Crippen LogP contribution in [0.4, 0.5) is 5.69 Å². The third kappa shape index (κ3) is 6.41. The van der Waals surface area contributed by atoms with Crippen LogP contribution >= 0.6 is 24.0 Å². The van der Waals surface area contributed by atoms with E-state index in [0.717, 1.165) is 19.0 Å². The Morgan fingerprint density at radius 2 is 2.11 bits per heavy atom. The monoisotopic (exact) mass is 482 g/mol. The zero-order chi connectivity index (χ0) is 18.2. The Labute approximate surface area is 179 Å². The number of halogens is 1. The third-order valence-corrected chi connectivity index (χ3v) is 4.73. The number of nitrogens with one attached hydrogen (secondary N) is 2. The minimum Gasteiger partial charge on any atom is -0.372 e. The number of nitrogens with zero attached hydrogens (tertiary/aromatic N) is 4. The van der Waals surface area contributed by atoms with Crippen LogP contribution in [0.1, 0.15) is 38.3 Å². The van der Waals surface area contributed by atoms with E-state index in [2.05, 4.69) is 63.6 Å². The summed E-state index contributed by atoms with van der Waals surface area (Å²) in [7, 11) is 0. The highest BCUT2D eigenvalue weighted by Crippen LogP contribution is 2.23. The second kappa shape index (κ2) is 11.2. The van der Waals surface area contributed by atoms with E-state index in [1.807, 2.05) is 17.1 Å². The third-order valence-electron chi connectivity index (χ3n) is 4.73. The van der Waals surface area contributed by atoms with Crippen LogP contribution in [-0.2, 0) is 6.54 Å². The fourth-order valence-electron chi connectivity index (χ4n) is 3.27. The fraction of sp³-hybridized carbons (Fsp3) is 0.500. The zero-order valence-electron chi connectivity index (χ0n) is 16.3. The first-order chi connectivity index (χ1) is 12.8. The summed E-state index contributed by atoms with van der Waals surface area (Å²) in [6, 6.07) is 9.06. The summed E-state index contributed by atoms with van der Waals surface area (Å²) in [5.74, 6) is 0.853. The van der Waals surface area contributed by atoms with Crippen molar-refractivity contribution in [2.45, 2.75) is 39.3 Å². The van der Waals surface area contributed by atoms with Gasteiger partial charge in [0.25, 0.3) is 0 Å².